The van der Waals surface area contributed by atoms with Crippen LogP contribution in [0.4, 0.5) is 4.79 Å². The lowest BCUT2D eigenvalue weighted by Gasteiger charge is -2.32. The largest absolute Gasteiger partial charge is 0.370 e. The van der Waals surface area contributed by atoms with Crippen molar-refractivity contribution in [2.45, 2.75) is 46.0 Å². The Morgan fingerprint density at radius 1 is 1.48 bits per heavy atom. The molecule has 1 aromatic rings. The highest BCUT2D eigenvalue weighted by Crippen LogP contribution is 2.23. The van der Waals surface area contributed by atoms with Crippen LogP contribution in [0.3, 0.4) is 0 Å². The summed E-state index contributed by atoms with van der Waals surface area (Å²) in [6.07, 6.45) is 2.20. The molecular formula is C16H26N4O3. The lowest BCUT2D eigenvalue weighted by molar-refractivity contribution is -0.119. The van der Waals surface area contributed by atoms with Crippen LogP contribution in [-0.2, 0) is 4.79 Å². The second-order valence-corrected chi connectivity index (χ2v) is 6.45. The monoisotopic (exact) mass is 322 g/mol. The minimum Gasteiger partial charge on any atom is -0.370 e. The summed E-state index contributed by atoms with van der Waals surface area (Å²) >= 11 is 0. The van der Waals surface area contributed by atoms with Crippen molar-refractivity contribution in [1.82, 2.24) is 15.4 Å². The molecule has 3 amide bonds. The number of piperidine rings is 1. The van der Waals surface area contributed by atoms with Crippen molar-refractivity contribution >= 4 is 11.9 Å². The number of primary amides is 1. The average molecular weight is 322 g/mol. The van der Waals surface area contributed by atoms with Crippen LogP contribution < -0.4 is 11.1 Å². The zero-order chi connectivity index (χ0) is 17.0. The van der Waals surface area contributed by atoms with E-state index in [9.17, 15) is 9.59 Å². The molecule has 2 heterocycles. The summed E-state index contributed by atoms with van der Waals surface area (Å²) in [5.74, 6) is 0.802. The van der Waals surface area contributed by atoms with Crippen LogP contribution in [0, 0.1) is 19.8 Å². The highest BCUT2D eigenvalue weighted by atomic mass is 16.5. The van der Waals surface area contributed by atoms with Crippen molar-refractivity contribution in [3.05, 3.63) is 17.0 Å². The maximum absolute atomic E-state index is 12.3. The van der Waals surface area contributed by atoms with E-state index in [-0.39, 0.29) is 23.8 Å². The van der Waals surface area contributed by atoms with E-state index >= 15 is 0 Å². The van der Waals surface area contributed by atoms with Gasteiger partial charge in [0.25, 0.3) is 0 Å². The number of aryl methyl sites for hydroxylation is 2. The molecule has 128 valence electrons. The smallest absolute Gasteiger partial charge is 0.317 e. The molecule has 0 unspecified atom stereocenters. The van der Waals surface area contributed by atoms with Gasteiger partial charge in [-0.25, -0.2) is 4.79 Å². The minimum absolute atomic E-state index is 0.0854. The molecule has 1 aromatic heterocycles. The number of aromatic nitrogens is 1. The van der Waals surface area contributed by atoms with Crippen LogP contribution in [0.2, 0.25) is 0 Å². The van der Waals surface area contributed by atoms with Crippen LogP contribution >= 0.6 is 0 Å². The fourth-order valence-electron chi connectivity index (χ4n) is 3.35. The first-order valence-electron chi connectivity index (χ1n) is 8.12. The summed E-state index contributed by atoms with van der Waals surface area (Å²) in [5, 5.41) is 6.92. The number of likely N-dealkylation sites (tertiary alicyclic amines) is 1. The van der Waals surface area contributed by atoms with E-state index in [1.54, 1.807) is 4.90 Å². The van der Waals surface area contributed by atoms with Crippen LogP contribution in [0.15, 0.2) is 4.52 Å². The van der Waals surface area contributed by atoms with Gasteiger partial charge in [0, 0.05) is 37.5 Å². The number of nitrogens with one attached hydrogen (secondary N) is 1. The number of amides is 3. The van der Waals surface area contributed by atoms with Gasteiger partial charge in [-0.3, -0.25) is 4.79 Å². The molecule has 2 atom stereocenters. The van der Waals surface area contributed by atoms with E-state index in [2.05, 4.69) is 10.5 Å². The molecule has 0 bridgehead atoms. The molecule has 1 saturated heterocycles. The van der Waals surface area contributed by atoms with Gasteiger partial charge in [-0.15, -0.1) is 0 Å². The molecule has 0 radical (unpaired) electrons. The topological polar surface area (TPSA) is 101 Å². The highest BCUT2D eigenvalue weighted by Gasteiger charge is 2.25. The van der Waals surface area contributed by atoms with Gasteiger partial charge in [-0.1, -0.05) is 12.1 Å². The van der Waals surface area contributed by atoms with E-state index in [1.165, 1.54) is 0 Å². The van der Waals surface area contributed by atoms with Gasteiger partial charge in [0.15, 0.2) is 0 Å². The zero-order valence-corrected chi connectivity index (χ0v) is 14.1. The molecule has 0 aromatic carbocycles. The lowest BCUT2D eigenvalue weighted by Crippen LogP contribution is -2.46. The second-order valence-electron chi connectivity index (χ2n) is 6.45. The number of urea groups is 1. The highest BCUT2D eigenvalue weighted by molar-refractivity contribution is 5.75. The maximum Gasteiger partial charge on any atom is 0.317 e. The Kier molecular flexibility index (Phi) is 5.63. The van der Waals surface area contributed by atoms with Crippen molar-refractivity contribution in [2.24, 2.45) is 11.7 Å². The molecule has 1 aliphatic heterocycles. The predicted octanol–water partition coefficient (Wildman–Crippen LogP) is 1.69. The third kappa shape index (κ3) is 4.46. The molecule has 7 heteroatoms. The Labute approximate surface area is 136 Å². The third-order valence-electron chi connectivity index (χ3n) is 4.44. The summed E-state index contributed by atoms with van der Waals surface area (Å²) in [5.41, 5.74) is 7.17. The maximum atomic E-state index is 12.3. The first-order valence-corrected chi connectivity index (χ1v) is 8.12. The van der Waals surface area contributed by atoms with E-state index in [0.717, 1.165) is 36.4 Å². The van der Waals surface area contributed by atoms with Gasteiger partial charge in [-0.05, 0) is 32.6 Å². The number of nitrogens with two attached hydrogens (primary N) is 1. The number of hydrogen-bond donors (Lipinski definition) is 2. The summed E-state index contributed by atoms with van der Waals surface area (Å²) in [7, 11) is 0. The molecule has 0 aliphatic carbocycles. The van der Waals surface area contributed by atoms with Gasteiger partial charge >= 0.3 is 6.03 Å². The zero-order valence-electron chi connectivity index (χ0n) is 14.1. The fourth-order valence-corrected chi connectivity index (χ4v) is 3.35. The normalized spacial score (nSPS) is 19.4. The molecular weight excluding hydrogens is 296 g/mol. The summed E-state index contributed by atoms with van der Waals surface area (Å²) in [6.45, 7) is 7.67. The molecule has 0 saturated carbocycles. The molecule has 0 spiro atoms. The SMILES string of the molecule is Cc1noc(C)c1[C@@H](C)CNC(=O)N1CCC[C@H](CC(N)=O)C1. The first kappa shape index (κ1) is 17.3. The minimum atomic E-state index is -0.302. The molecule has 7 nitrogen and oxygen atoms in total. The molecule has 1 fully saturated rings. The van der Waals surface area contributed by atoms with Gasteiger partial charge < -0.3 is 20.5 Å². The van der Waals surface area contributed by atoms with E-state index in [4.69, 9.17) is 10.3 Å². The standard InChI is InChI=1S/C16H26N4O3/c1-10(15-11(2)19-23-12(15)3)8-18-16(22)20-6-4-5-13(9-20)7-14(17)21/h10,13H,4-9H2,1-3H3,(H2,17,21)(H,18,22)/t10-,13+/m0/s1. The van der Waals surface area contributed by atoms with Crippen LogP contribution in [0.1, 0.15) is 49.1 Å². The van der Waals surface area contributed by atoms with Crippen molar-refractivity contribution in [3.8, 4) is 0 Å². The van der Waals surface area contributed by atoms with Crippen molar-refractivity contribution in [1.29, 1.82) is 0 Å². The summed E-state index contributed by atoms with van der Waals surface area (Å²) in [6, 6.07) is -0.0854. The van der Waals surface area contributed by atoms with Crippen molar-refractivity contribution in [3.63, 3.8) is 0 Å². The Bertz CT molecular complexity index is 550. The van der Waals surface area contributed by atoms with Crippen LogP contribution in [0.5, 0.6) is 0 Å². The van der Waals surface area contributed by atoms with E-state index < -0.39 is 0 Å². The molecule has 1 aliphatic rings. The van der Waals surface area contributed by atoms with Gasteiger partial charge in [0.2, 0.25) is 5.91 Å². The third-order valence-corrected chi connectivity index (χ3v) is 4.44. The van der Waals surface area contributed by atoms with Gasteiger partial charge in [-0.2, -0.15) is 0 Å². The number of rotatable bonds is 5. The number of carbonyl (C=O) groups excluding carboxylic acids is 2. The lowest BCUT2D eigenvalue weighted by atomic mass is 9.95. The van der Waals surface area contributed by atoms with Crippen molar-refractivity contribution in [2.75, 3.05) is 19.6 Å². The fraction of sp³-hybridized carbons (Fsp3) is 0.688. The number of carbonyl (C=O) groups is 2. The van der Waals surface area contributed by atoms with E-state index in [0.29, 0.717) is 19.5 Å². The Balaban J connectivity index is 1.85. The number of hydrogen-bond acceptors (Lipinski definition) is 4. The Morgan fingerprint density at radius 3 is 2.83 bits per heavy atom. The number of nitrogens with zero attached hydrogens (tertiary/aromatic N) is 2. The Morgan fingerprint density at radius 2 is 2.22 bits per heavy atom. The van der Waals surface area contributed by atoms with Gasteiger partial charge in [0.1, 0.15) is 5.76 Å². The molecule has 23 heavy (non-hydrogen) atoms. The van der Waals surface area contributed by atoms with Crippen LogP contribution in [-0.4, -0.2) is 41.6 Å². The first-order chi connectivity index (χ1) is 10.9. The molecule has 3 N–H and O–H groups in total. The summed E-state index contributed by atoms with van der Waals surface area (Å²) in [4.78, 5) is 25.2. The second kappa shape index (κ2) is 7.48. The van der Waals surface area contributed by atoms with Gasteiger partial charge in [0.05, 0.1) is 5.69 Å². The quantitative estimate of drug-likeness (QED) is 0.861. The molecule has 2 rings (SSSR count). The van der Waals surface area contributed by atoms with E-state index in [1.807, 2.05) is 20.8 Å². The summed E-state index contributed by atoms with van der Waals surface area (Å²) < 4.78 is 5.17. The Hall–Kier alpha value is -2.05. The van der Waals surface area contributed by atoms with Crippen molar-refractivity contribution < 1.29 is 14.1 Å². The average Bonchev–Trinajstić information content (AvgIpc) is 2.83. The van der Waals surface area contributed by atoms with Crippen LogP contribution in [0.25, 0.3) is 0 Å². The predicted molar refractivity (Wildman–Crippen MR) is 85.9 cm³/mol.